The average Bonchev–Trinajstić information content (AvgIpc) is 3.03. The number of aryl methyl sites for hydroxylation is 2. The number of urea groups is 1. The Morgan fingerprint density at radius 1 is 1.10 bits per heavy atom. The number of ether oxygens (including phenoxy) is 1. The molecule has 7 heteroatoms. The molecule has 0 unspecified atom stereocenters. The minimum absolute atomic E-state index is 0.238. The standard InChI is InChI=1S/C23H27FN4O2/c1-17-14-18(2)28(27-17)16-19-6-5-7-21(15-19)26-23(29)25-12-3-4-13-30-22-10-8-20(24)9-11-22/h5-11,14-15H,3-4,12-13,16H2,1-2H3,(H2,25,26,29). The van der Waals surface area contributed by atoms with Crippen molar-refractivity contribution in [2.75, 3.05) is 18.5 Å². The fourth-order valence-corrected chi connectivity index (χ4v) is 3.08. The molecule has 3 aromatic rings. The van der Waals surface area contributed by atoms with Gasteiger partial charge in [0.25, 0.3) is 0 Å². The lowest BCUT2D eigenvalue weighted by Gasteiger charge is -2.10. The third-order valence-corrected chi connectivity index (χ3v) is 4.56. The predicted octanol–water partition coefficient (Wildman–Crippen LogP) is 4.67. The summed E-state index contributed by atoms with van der Waals surface area (Å²) in [6, 6.07) is 15.5. The molecule has 1 aromatic heterocycles. The van der Waals surface area contributed by atoms with E-state index in [1.54, 1.807) is 12.1 Å². The summed E-state index contributed by atoms with van der Waals surface area (Å²) in [5.41, 5.74) is 3.90. The maximum absolute atomic E-state index is 12.8. The normalized spacial score (nSPS) is 10.6. The van der Waals surface area contributed by atoms with E-state index in [1.807, 2.05) is 48.9 Å². The van der Waals surface area contributed by atoms with Crippen LogP contribution in [0.4, 0.5) is 14.9 Å². The van der Waals surface area contributed by atoms with Gasteiger partial charge in [-0.15, -0.1) is 0 Å². The molecule has 2 amide bonds. The van der Waals surface area contributed by atoms with E-state index in [-0.39, 0.29) is 11.8 Å². The number of nitrogens with zero attached hydrogens (tertiary/aromatic N) is 2. The molecule has 158 valence electrons. The van der Waals surface area contributed by atoms with Gasteiger partial charge in [0.15, 0.2) is 0 Å². The first-order valence-corrected chi connectivity index (χ1v) is 10.0. The van der Waals surface area contributed by atoms with Crippen LogP contribution in [0.1, 0.15) is 29.8 Å². The highest BCUT2D eigenvalue weighted by Gasteiger charge is 2.05. The summed E-state index contributed by atoms with van der Waals surface area (Å²) in [5, 5.41) is 10.2. The van der Waals surface area contributed by atoms with Crippen molar-refractivity contribution in [3.63, 3.8) is 0 Å². The molecule has 6 nitrogen and oxygen atoms in total. The maximum Gasteiger partial charge on any atom is 0.319 e. The molecule has 0 radical (unpaired) electrons. The van der Waals surface area contributed by atoms with E-state index in [9.17, 15) is 9.18 Å². The second-order valence-electron chi connectivity index (χ2n) is 7.18. The van der Waals surface area contributed by atoms with Crippen molar-refractivity contribution in [1.82, 2.24) is 15.1 Å². The molecule has 0 bridgehead atoms. The summed E-state index contributed by atoms with van der Waals surface area (Å²) in [5.74, 6) is 0.358. The Morgan fingerprint density at radius 3 is 2.63 bits per heavy atom. The molecule has 0 atom stereocenters. The zero-order valence-corrected chi connectivity index (χ0v) is 17.3. The highest BCUT2D eigenvalue weighted by atomic mass is 19.1. The van der Waals surface area contributed by atoms with Gasteiger partial charge >= 0.3 is 6.03 Å². The average molecular weight is 410 g/mol. The largest absolute Gasteiger partial charge is 0.494 e. The summed E-state index contributed by atoms with van der Waals surface area (Å²) >= 11 is 0. The van der Waals surface area contributed by atoms with Crippen molar-refractivity contribution in [1.29, 1.82) is 0 Å². The molecular formula is C23H27FN4O2. The number of aromatic nitrogens is 2. The molecule has 30 heavy (non-hydrogen) atoms. The number of carbonyl (C=O) groups is 1. The van der Waals surface area contributed by atoms with Gasteiger partial charge in [-0.2, -0.15) is 5.10 Å². The van der Waals surface area contributed by atoms with Gasteiger partial charge in [-0.3, -0.25) is 4.68 Å². The molecule has 0 spiro atoms. The quantitative estimate of drug-likeness (QED) is 0.504. The second-order valence-corrected chi connectivity index (χ2v) is 7.18. The number of rotatable bonds is 9. The second kappa shape index (κ2) is 10.4. The smallest absolute Gasteiger partial charge is 0.319 e. The zero-order chi connectivity index (χ0) is 21.3. The van der Waals surface area contributed by atoms with E-state index < -0.39 is 0 Å². The van der Waals surface area contributed by atoms with Crippen molar-refractivity contribution in [3.8, 4) is 5.75 Å². The molecule has 0 aliphatic carbocycles. The minimum atomic E-state index is -0.283. The van der Waals surface area contributed by atoms with Gasteiger partial charge in [0.1, 0.15) is 11.6 Å². The minimum Gasteiger partial charge on any atom is -0.494 e. The highest BCUT2D eigenvalue weighted by Crippen LogP contribution is 2.14. The lowest BCUT2D eigenvalue weighted by molar-refractivity contribution is 0.251. The lowest BCUT2D eigenvalue weighted by atomic mass is 10.2. The third kappa shape index (κ3) is 6.62. The van der Waals surface area contributed by atoms with Crippen LogP contribution in [-0.2, 0) is 6.54 Å². The highest BCUT2D eigenvalue weighted by molar-refractivity contribution is 5.89. The van der Waals surface area contributed by atoms with E-state index in [0.717, 1.165) is 35.5 Å². The van der Waals surface area contributed by atoms with Gasteiger partial charge in [0.05, 0.1) is 18.8 Å². The Bertz CT molecular complexity index is 970. The Labute approximate surface area is 176 Å². The van der Waals surface area contributed by atoms with Gasteiger partial charge in [0, 0.05) is 17.9 Å². The van der Waals surface area contributed by atoms with E-state index in [0.29, 0.717) is 25.4 Å². The van der Waals surface area contributed by atoms with E-state index in [4.69, 9.17) is 4.74 Å². The number of amides is 2. The zero-order valence-electron chi connectivity index (χ0n) is 17.3. The number of unbranched alkanes of at least 4 members (excludes halogenated alkanes) is 1. The van der Waals surface area contributed by atoms with Gasteiger partial charge < -0.3 is 15.4 Å². The summed E-state index contributed by atoms with van der Waals surface area (Å²) < 4.78 is 20.3. The first-order valence-electron chi connectivity index (χ1n) is 10.0. The summed E-state index contributed by atoms with van der Waals surface area (Å²) in [6.07, 6.45) is 1.57. The fourth-order valence-electron chi connectivity index (χ4n) is 3.08. The molecule has 0 saturated heterocycles. The van der Waals surface area contributed by atoms with Crippen LogP contribution in [0.25, 0.3) is 0 Å². The Morgan fingerprint density at radius 2 is 1.90 bits per heavy atom. The number of hydrogen-bond acceptors (Lipinski definition) is 3. The van der Waals surface area contributed by atoms with Crippen LogP contribution in [0.2, 0.25) is 0 Å². The van der Waals surface area contributed by atoms with Crippen molar-refractivity contribution in [2.45, 2.75) is 33.2 Å². The van der Waals surface area contributed by atoms with Gasteiger partial charge in [-0.1, -0.05) is 12.1 Å². The maximum atomic E-state index is 12.8. The van der Waals surface area contributed by atoms with Crippen LogP contribution in [0.5, 0.6) is 5.75 Å². The Kier molecular flexibility index (Phi) is 7.43. The lowest BCUT2D eigenvalue weighted by Crippen LogP contribution is -2.29. The Hall–Kier alpha value is -3.35. The SMILES string of the molecule is Cc1cc(C)n(Cc2cccc(NC(=O)NCCCCOc3ccc(F)cc3)c2)n1. The molecule has 2 aromatic carbocycles. The summed E-state index contributed by atoms with van der Waals surface area (Å²) in [4.78, 5) is 12.1. The monoisotopic (exact) mass is 410 g/mol. The van der Waals surface area contributed by atoms with Gasteiger partial charge in [0.2, 0.25) is 0 Å². The van der Waals surface area contributed by atoms with Crippen LogP contribution in [0.3, 0.4) is 0 Å². The van der Waals surface area contributed by atoms with Gasteiger partial charge in [-0.25, -0.2) is 9.18 Å². The van der Waals surface area contributed by atoms with Crippen molar-refractivity contribution < 1.29 is 13.9 Å². The van der Waals surface area contributed by atoms with Crippen molar-refractivity contribution in [3.05, 3.63) is 77.4 Å². The summed E-state index contributed by atoms with van der Waals surface area (Å²) in [7, 11) is 0. The van der Waals surface area contributed by atoms with Crippen LogP contribution in [-0.4, -0.2) is 29.0 Å². The molecule has 3 rings (SSSR count). The number of nitrogens with one attached hydrogen (secondary N) is 2. The fraction of sp³-hybridized carbons (Fsp3) is 0.304. The number of anilines is 1. The first-order chi connectivity index (χ1) is 14.5. The molecule has 1 heterocycles. The van der Waals surface area contributed by atoms with Crippen LogP contribution in [0.15, 0.2) is 54.6 Å². The molecule has 2 N–H and O–H groups in total. The topological polar surface area (TPSA) is 68.2 Å². The van der Waals surface area contributed by atoms with Crippen LogP contribution in [0, 0.1) is 19.7 Å². The molecule has 0 fully saturated rings. The number of halogens is 1. The van der Waals surface area contributed by atoms with Crippen molar-refractivity contribution in [2.24, 2.45) is 0 Å². The van der Waals surface area contributed by atoms with Crippen molar-refractivity contribution >= 4 is 11.7 Å². The number of carbonyl (C=O) groups excluding carboxylic acids is 1. The van der Waals surface area contributed by atoms with Gasteiger partial charge in [-0.05, 0) is 74.7 Å². The van der Waals surface area contributed by atoms with Crippen LogP contribution < -0.4 is 15.4 Å². The molecule has 0 saturated carbocycles. The summed E-state index contributed by atoms with van der Waals surface area (Å²) in [6.45, 7) is 5.72. The van der Waals surface area contributed by atoms with Crippen LogP contribution >= 0.6 is 0 Å². The predicted molar refractivity (Wildman–Crippen MR) is 115 cm³/mol. The Balaban J connectivity index is 1.36. The molecule has 0 aliphatic rings. The number of hydrogen-bond donors (Lipinski definition) is 2. The van der Waals surface area contributed by atoms with E-state index in [1.165, 1.54) is 12.1 Å². The number of benzene rings is 2. The molecular weight excluding hydrogens is 383 g/mol. The van der Waals surface area contributed by atoms with E-state index >= 15 is 0 Å². The first kappa shape index (κ1) is 21.4. The van der Waals surface area contributed by atoms with E-state index in [2.05, 4.69) is 15.7 Å². The third-order valence-electron chi connectivity index (χ3n) is 4.56. The molecule has 0 aliphatic heterocycles.